The normalized spacial score (nSPS) is 10.8. The second-order valence-electron chi connectivity index (χ2n) is 3.77. The fraction of sp³-hybridized carbons (Fsp3) is 0.0769. The quantitative estimate of drug-likeness (QED) is 0.669. The van der Waals surface area contributed by atoms with Crippen molar-refractivity contribution in [2.75, 3.05) is 0 Å². The molecule has 0 aliphatic heterocycles. The summed E-state index contributed by atoms with van der Waals surface area (Å²) in [7, 11) is 0. The van der Waals surface area contributed by atoms with Crippen molar-refractivity contribution >= 4 is 11.0 Å². The monoisotopic (exact) mass is 209 g/mol. The van der Waals surface area contributed by atoms with Gasteiger partial charge >= 0.3 is 0 Å². The van der Waals surface area contributed by atoms with Gasteiger partial charge in [-0.1, -0.05) is 6.07 Å². The minimum atomic E-state index is 0.991. The van der Waals surface area contributed by atoms with Crippen molar-refractivity contribution in [1.29, 1.82) is 0 Å². The lowest BCUT2D eigenvalue weighted by Crippen LogP contribution is -1.87. The summed E-state index contributed by atoms with van der Waals surface area (Å²) >= 11 is 0. The highest BCUT2D eigenvalue weighted by molar-refractivity contribution is 5.81. The molecular weight excluding hydrogens is 198 g/mol. The maximum absolute atomic E-state index is 4.40. The van der Waals surface area contributed by atoms with Crippen molar-refractivity contribution in [1.82, 2.24) is 15.0 Å². The minimum absolute atomic E-state index is 0.991. The van der Waals surface area contributed by atoms with Crippen LogP contribution < -0.4 is 0 Å². The molecule has 78 valence electrons. The molecule has 0 radical (unpaired) electrons. The van der Waals surface area contributed by atoms with Crippen LogP contribution in [0.3, 0.4) is 0 Å². The first-order valence-electron chi connectivity index (χ1n) is 5.20. The zero-order chi connectivity index (χ0) is 11.0. The molecule has 0 aliphatic rings. The molecule has 3 rings (SSSR count). The Morgan fingerprint density at radius 2 is 2.12 bits per heavy atom. The van der Waals surface area contributed by atoms with E-state index in [4.69, 9.17) is 0 Å². The summed E-state index contributed by atoms with van der Waals surface area (Å²) in [5.41, 5.74) is 5.30. The summed E-state index contributed by atoms with van der Waals surface area (Å²) in [6, 6.07) is 8.08. The number of aryl methyl sites for hydroxylation is 1. The van der Waals surface area contributed by atoms with Crippen molar-refractivity contribution in [3.8, 4) is 11.1 Å². The summed E-state index contributed by atoms with van der Waals surface area (Å²) in [5, 5.41) is 0. The molecule has 0 fully saturated rings. The number of hydrogen-bond donors (Lipinski definition) is 1. The zero-order valence-corrected chi connectivity index (χ0v) is 8.94. The summed E-state index contributed by atoms with van der Waals surface area (Å²) in [6.07, 6.45) is 5.59. The first kappa shape index (κ1) is 9.09. The van der Waals surface area contributed by atoms with E-state index in [1.165, 1.54) is 0 Å². The van der Waals surface area contributed by atoms with E-state index in [2.05, 4.69) is 27.1 Å². The van der Waals surface area contributed by atoms with Crippen LogP contribution in [-0.2, 0) is 0 Å². The summed E-state index contributed by atoms with van der Waals surface area (Å²) < 4.78 is 0. The average Bonchev–Trinajstić information content (AvgIpc) is 2.76. The Hall–Kier alpha value is -2.16. The van der Waals surface area contributed by atoms with Gasteiger partial charge in [0.2, 0.25) is 0 Å². The van der Waals surface area contributed by atoms with Gasteiger partial charge in [0.05, 0.1) is 11.0 Å². The van der Waals surface area contributed by atoms with Gasteiger partial charge in [0, 0.05) is 35.4 Å². The third kappa shape index (κ3) is 1.37. The number of fused-ring (bicyclic) bond motifs is 1. The van der Waals surface area contributed by atoms with Gasteiger partial charge in [-0.3, -0.25) is 9.97 Å². The van der Waals surface area contributed by atoms with Crippen LogP contribution in [0.15, 0.2) is 42.9 Å². The van der Waals surface area contributed by atoms with Gasteiger partial charge in [0.1, 0.15) is 0 Å². The summed E-state index contributed by atoms with van der Waals surface area (Å²) in [5.74, 6) is 0. The molecule has 0 amide bonds. The first-order chi connectivity index (χ1) is 7.84. The van der Waals surface area contributed by atoms with Crippen LogP contribution in [0.2, 0.25) is 0 Å². The smallest absolute Gasteiger partial charge is 0.0879 e. The number of nitrogens with one attached hydrogen (secondary N) is 1. The molecule has 0 spiro atoms. The molecule has 16 heavy (non-hydrogen) atoms. The minimum Gasteiger partial charge on any atom is -0.360 e. The molecule has 1 N–H and O–H groups in total. The molecule has 0 atom stereocenters. The van der Waals surface area contributed by atoms with E-state index in [9.17, 15) is 0 Å². The maximum Gasteiger partial charge on any atom is 0.0879 e. The molecule has 0 unspecified atom stereocenters. The molecule has 0 aliphatic carbocycles. The molecule has 3 heterocycles. The lowest BCUT2D eigenvalue weighted by Gasteiger charge is -2.04. The van der Waals surface area contributed by atoms with E-state index >= 15 is 0 Å². The van der Waals surface area contributed by atoms with Crippen LogP contribution in [-0.4, -0.2) is 15.0 Å². The molecule has 3 aromatic rings. The number of H-pyrrole nitrogens is 1. The Bertz CT molecular complexity index is 640. The van der Waals surface area contributed by atoms with E-state index < -0.39 is 0 Å². The number of rotatable bonds is 1. The zero-order valence-electron chi connectivity index (χ0n) is 8.94. The lowest BCUT2D eigenvalue weighted by atomic mass is 10.1. The van der Waals surface area contributed by atoms with Crippen LogP contribution >= 0.6 is 0 Å². The van der Waals surface area contributed by atoms with Crippen molar-refractivity contribution in [3.05, 3.63) is 48.5 Å². The van der Waals surface area contributed by atoms with Crippen molar-refractivity contribution < 1.29 is 0 Å². The van der Waals surface area contributed by atoms with Crippen LogP contribution in [0.5, 0.6) is 0 Å². The highest BCUT2D eigenvalue weighted by Gasteiger charge is 2.04. The van der Waals surface area contributed by atoms with E-state index in [0.29, 0.717) is 0 Å². The van der Waals surface area contributed by atoms with Crippen LogP contribution in [0.1, 0.15) is 5.69 Å². The number of pyridine rings is 2. The Balaban J connectivity index is 2.22. The number of hydrogen-bond acceptors (Lipinski definition) is 2. The van der Waals surface area contributed by atoms with E-state index in [1.54, 1.807) is 6.20 Å². The third-order valence-electron chi connectivity index (χ3n) is 2.72. The van der Waals surface area contributed by atoms with Crippen LogP contribution in [0.4, 0.5) is 0 Å². The molecule has 3 nitrogen and oxygen atoms in total. The first-order valence-corrected chi connectivity index (χ1v) is 5.20. The standard InChI is InChI=1S/C13H11N3/c1-9-11(3-2-5-14-9)10-7-13-12(16-8-10)4-6-15-13/h2-8,15H,1H3. The van der Waals surface area contributed by atoms with Gasteiger partial charge in [0.25, 0.3) is 0 Å². The van der Waals surface area contributed by atoms with Gasteiger partial charge in [-0.25, -0.2) is 0 Å². The van der Waals surface area contributed by atoms with Crippen molar-refractivity contribution in [3.63, 3.8) is 0 Å². The fourth-order valence-corrected chi connectivity index (χ4v) is 1.87. The molecule has 0 aromatic carbocycles. The van der Waals surface area contributed by atoms with E-state index in [1.807, 2.05) is 31.5 Å². The second-order valence-corrected chi connectivity index (χ2v) is 3.77. The van der Waals surface area contributed by atoms with E-state index in [0.717, 1.165) is 27.9 Å². The Labute approximate surface area is 93.2 Å². The number of nitrogens with zero attached hydrogens (tertiary/aromatic N) is 2. The maximum atomic E-state index is 4.40. The van der Waals surface area contributed by atoms with Crippen LogP contribution in [0.25, 0.3) is 22.2 Å². The van der Waals surface area contributed by atoms with Gasteiger partial charge in [-0.05, 0) is 25.1 Å². The lowest BCUT2D eigenvalue weighted by molar-refractivity contribution is 1.20. The fourth-order valence-electron chi connectivity index (χ4n) is 1.87. The molecule has 3 heteroatoms. The Morgan fingerprint density at radius 1 is 1.19 bits per heavy atom. The van der Waals surface area contributed by atoms with Gasteiger partial charge in [-0.15, -0.1) is 0 Å². The highest BCUT2D eigenvalue weighted by atomic mass is 14.8. The molecule has 3 aromatic heterocycles. The van der Waals surface area contributed by atoms with Gasteiger partial charge in [-0.2, -0.15) is 0 Å². The molecule has 0 bridgehead atoms. The molecule has 0 saturated carbocycles. The Kier molecular flexibility index (Phi) is 1.96. The van der Waals surface area contributed by atoms with Crippen LogP contribution in [0, 0.1) is 6.92 Å². The largest absolute Gasteiger partial charge is 0.360 e. The van der Waals surface area contributed by atoms with E-state index in [-0.39, 0.29) is 0 Å². The predicted molar refractivity (Wildman–Crippen MR) is 64.1 cm³/mol. The number of aromatic nitrogens is 3. The van der Waals surface area contributed by atoms with Gasteiger partial charge < -0.3 is 4.98 Å². The highest BCUT2D eigenvalue weighted by Crippen LogP contribution is 2.23. The topological polar surface area (TPSA) is 41.6 Å². The second kappa shape index (κ2) is 3.45. The molecule has 0 saturated heterocycles. The summed E-state index contributed by atoms with van der Waals surface area (Å²) in [6.45, 7) is 2.01. The SMILES string of the molecule is Cc1ncccc1-c1cnc2cc[nH]c2c1. The Morgan fingerprint density at radius 3 is 3.00 bits per heavy atom. The van der Waals surface area contributed by atoms with Gasteiger partial charge in [0.15, 0.2) is 0 Å². The molecular formula is C13H11N3. The number of aromatic amines is 1. The predicted octanol–water partition coefficient (Wildman–Crippen LogP) is 2.93. The third-order valence-corrected chi connectivity index (χ3v) is 2.72. The average molecular weight is 209 g/mol. The van der Waals surface area contributed by atoms with Crippen molar-refractivity contribution in [2.24, 2.45) is 0 Å². The van der Waals surface area contributed by atoms with Crippen molar-refractivity contribution in [2.45, 2.75) is 6.92 Å². The summed E-state index contributed by atoms with van der Waals surface area (Å²) in [4.78, 5) is 11.9.